The van der Waals surface area contributed by atoms with Crippen LogP contribution in [0.5, 0.6) is 0 Å². The van der Waals surface area contributed by atoms with Crippen LogP contribution in [-0.2, 0) is 23.2 Å². The molecule has 0 radical (unpaired) electrons. The summed E-state index contributed by atoms with van der Waals surface area (Å²) in [5.74, 6) is 0.208. The van der Waals surface area contributed by atoms with Crippen molar-refractivity contribution in [2.75, 3.05) is 0 Å². The molecule has 2 heterocycles. The first-order valence-corrected chi connectivity index (χ1v) is 6.68. The van der Waals surface area contributed by atoms with Gasteiger partial charge in [0.1, 0.15) is 12.4 Å². The van der Waals surface area contributed by atoms with E-state index in [4.69, 9.17) is 9.52 Å². The molecular weight excluding hydrogens is 256 g/mol. The Labute approximate surface area is 104 Å². The van der Waals surface area contributed by atoms with Gasteiger partial charge in [0.05, 0.1) is 0 Å². The molecule has 0 fully saturated rings. The number of rotatable bonds is 5. The Morgan fingerprint density at radius 3 is 2.56 bits per heavy atom. The number of aliphatic hydroxyl groups excluding tert-OH is 1. The molecule has 0 saturated carbocycles. The summed E-state index contributed by atoms with van der Waals surface area (Å²) in [5, 5.41) is 8.60. The molecule has 0 atom stereocenters. The van der Waals surface area contributed by atoms with Gasteiger partial charge in [-0.2, -0.15) is 0 Å². The van der Waals surface area contributed by atoms with Gasteiger partial charge >= 0.3 is 0 Å². The minimum Gasteiger partial charge on any atom is -0.446 e. The third-order valence-electron chi connectivity index (χ3n) is 2.27. The second-order valence-electron chi connectivity index (χ2n) is 3.56. The number of nitrogens with one attached hydrogen (secondary N) is 1. The van der Waals surface area contributed by atoms with Gasteiger partial charge in [-0.05, 0) is 29.8 Å². The van der Waals surface area contributed by atoms with Crippen molar-refractivity contribution in [3.05, 3.63) is 48.0 Å². The smallest absolute Gasteiger partial charge is 0.274 e. The fourth-order valence-electron chi connectivity index (χ4n) is 1.34. The summed E-state index contributed by atoms with van der Waals surface area (Å²) >= 11 is 0. The Balaban J connectivity index is 2.08. The molecule has 96 valence electrons. The molecule has 2 N–H and O–H groups in total. The van der Waals surface area contributed by atoms with Crippen molar-refractivity contribution in [2.45, 2.75) is 18.2 Å². The van der Waals surface area contributed by atoms with Gasteiger partial charge in [-0.25, -0.2) is 13.1 Å². The fourth-order valence-corrected chi connectivity index (χ4v) is 2.30. The molecule has 0 aliphatic heterocycles. The van der Waals surface area contributed by atoms with Crippen LogP contribution in [0.1, 0.15) is 11.3 Å². The van der Waals surface area contributed by atoms with E-state index in [2.05, 4.69) is 9.71 Å². The van der Waals surface area contributed by atoms with Crippen LogP contribution in [-0.4, -0.2) is 18.5 Å². The van der Waals surface area contributed by atoms with Gasteiger partial charge in [0.25, 0.3) is 10.0 Å². The van der Waals surface area contributed by atoms with E-state index in [9.17, 15) is 8.42 Å². The Bertz CT molecular complexity index is 607. The maximum Gasteiger partial charge on any atom is 0.274 e. The summed E-state index contributed by atoms with van der Waals surface area (Å²) < 4.78 is 31.0. The van der Waals surface area contributed by atoms with E-state index in [0.717, 1.165) is 5.56 Å². The van der Waals surface area contributed by atoms with Crippen LogP contribution in [0, 0.1) is 0 Å². The highest BCUT2D eigenvalue weighted by Gasteiger charge is 2.18. The van der Waals surface area contributed by atoms with Crippen LogP contribution in [0.25, 0.3) is 0 Å². The molecule has 2 aromatic rings. The zero-order valence-electron chi connectivity index (χ0n) is 9.41. The lowest BCUT2D eigenvalue weighted by atomic mass is 10.3. The molecule has 0 aromatic carbocycles. The number of nitrogens with zero attached hydrogens (tertiary/aromatic N) is 1. The Morgan fingerprint density at radius 1 is 1.22 bits per heavy atom. The van der Waals surface area contributed by atoms with Gasteiger partial charge < -0.3 is 9.52 Å². The second kappa shape index (κ2) is 5.30. The van der Waals surface area contributed by atoms with E-state index < -0.39 is 10.0 Å². The van der Waals surface area contributed by atoms with Crippen molar-refractivity contribution >= 4 is 10.0 Å². The summed E-state index contributed by atoms with van der Waals surface area (Å²) in [7, 11) is -3.70. The number of aliphatic hydroxyl groups is 1. The lowest BCUT2D eigenvalue weighted by molar-refractivity contribution is 0.236. The molecule has 0 unspecified atom stereocenters. The van der Waals surface area contributed by atoms with Crippen LogP contribution < -0.4 is 4.72 Å². The summed E-state index contributed by atoms with van der Waals surface area (Å²) in [6.07, 6.45) is 3.17. The van der Waals surface area contributed by atoms with Gasteiger partial charge in [0.2, 0.25) is 5.09 Å². The molecule has 2 aromatic heterocycles. The number of aromatic nitrogens is 1. The Kier molecular flexibility index (Phi) is 3.75. The number of sulfonamides is 1. The van der Waals surface area contributed by atoms with Crippen molar-refractivity contribution in [2.24, 2.45) is 0 Å². The van der Waals surface area contributed by atoms with Crippen LogP contribution in [0.15, 0.2) is 46.2 Å². The molecule has 18 heavy (non-hydrogen) atoms. The van der Waals surface area contributed by atoms with E-state index in [-0.39, 0.29) is 24.0 Å². The zero-order valence-corrected chi connectivity index (χ0v) is 10.2. The van der Waals surface area contributed by atoms with E-state index in [1.807, 2.05) is 0 Å². The monoisotopic (exact) mass is 268 g/mol. The summed E-state index contributed by atoms with van der Waals surface area (Å²) in [6.45, 7) is -0.181. The van der Waals surface area contributed by atoms with Crippen molar-refractivity contribution in [3.63, 3.8) is 0 Å². The van der Waals surface area contributed by atoms with Crippen LogP contribution >= 0.6 is 0 Å². The predicted molar refractivity (Wildman–Crippen MR) is 62.9 cm³/mol. The molecule has 0 amide bonds. The van der Waals surface area contributed by atoms with E-state index in [0.29, 0.717) is 0 Å². The van der Waals surface area contributed by atoms with E-state index in [1.165, 1.54) is 12.1 Å². The molecule has 2 rings (SSSR count). The highest BCUT2D eigenvalue weighted by molar-refractivity contribution is 7.89. The third kappa shape index (κ3) is 2.95. The summed E-state index contributed by atoms with van der Waals surface area (Å²) in [5.41, 5.74) is 0.794. The predicted octanol–water partition coefficient (Wildman–Crippen LogP) is 0.645. The lowest BCUT2D eigenvalue weighted by Gasteiger charge is -2.03. The van der Waals surface area contributed by atoms with E-state index in [1.54, 1.807) is 24.5 Å². The van der Waals surface area contributed by atoms with Crippen LogP contribution in [0.3, 0.4) is 0 Å². The summed E-state index contributed by atoms with van der Waals surface area (Å²) in [6, 6.07) is 6.15. The highest BCUT2D eigenvalue weighted by atomic mass is 32.2. The Hall–Kier alpha value is -1.70. The van der Waals surface area contributed by atoms with Gasteiger partial charge in [-0.15, -0.1) is 0 Å². The van der Waals surface area contributed by atoms with Crippen LogP contribution in [0.4, 0.5) is 0 Å². The van der Waals surface area contributed by atoms with Crippen molar-refractivity contribution < 1.29 is 17.9 Å². The minimum atomic E-state index is -3.70. The standard InChI is InChI=1S/C11H12N2O4S/c14-8-10-1-2-11(17-10)18(15,16)13-7-9-3-5-12-6-4-9/h1-6,13-14H,7-8H2. The molecular formula is C11H12N2O4S. The molecule has 0 bridgehead atoms. The number of hydrogen-bond acceptors (Lipinski definition) is 5. The first-order chi connectivity index (χ1) is 8.62. The van der Waals surface area contributed by atoms with E-state index >= 15 is 0 Å². The number of furan rings is 1. The highest BCUT2D eigenvalue weighted by Crippen LogP contribution is 2.14. The topological polar surface area (TPSA) is 92.4 Å². The van der Waals surface area contributed by atoms with Crippen LogP contribution in [0.2, 0.25) is 0 Å². The first-order valence-electron chi connectivity index (χ1n) is 5.20. The number of hydrogen-bond donors (Lipinski definition) is 2. The molecule has 6 nitrogen and oxygen atoms in total. The van der Waals surface area contributed by atoms with Gasteiger partial charge in [-0.3, -0.25) is 4.98 Å². The van der Waals surface area contributed by atoms with Gasteiger partial charge in [-0.1, -0.05) is 0 Å². The maximum atomic E-state index is 11.8. The molecule has 0 aliphatic carbocycles. The maximum absolute atomic E-state index is 11.8. The molecule has 0 spiro atoms. The quantitative estimate of drug-likeness (QED) is 0.830. The first kappa shape index (κ1) is 12.7. The number of pyridine rings is 1. The fraction of sp³-hybridized carbons (Fsp3) is 0.182. The third-order valence-corrected chi connectivity index (χ3v) is 3.55. The Morgan fingerprint density at radius 2 is 1.94 bits per heavy atom. The lowest BCUT2D eigenvalue weighted by Crippen LogP contribution is -2.22. The molecule has 7 heteroatoms. The SMILES string of the molecule is O=S(=O)(NCc1ccncc1)c1ccc(CO)o1. The average molecular weight is 268 g/mol. The van der Waals surface area contributed by atoms with Crippen molar-refractivity contribution in [3.8, 4) is 0 Å². The largest absolute Gasteiger partial charge is 0.446 e. The second-order valence-corrected chi connectivity index (χ2v) is 5.26. The van der Waals surface area contributed by atoms with Gasteiger partial charge in [0.15, 0.2) is 0 Å². The molecule has 0 aliphatic rings. The summed E-state index contributed by atoms with van der Waals surface area (Å²) in [4.78, 5) is 3.84. The van der Waals surface area contributed by atoms with Crippen molar-refractivity contribution in [1.29, 1.82) is 0 Å². The van der Waals surface area contributed by atoms with Crippen molar-refractivity contribution in [1.82, 2.24) is 9.71 Å². The average Bonchev–Trinajstić information content (AvgIpc) is 2.87. The zero-order chi connectivity index (χ0) is 13.0. The molecule has 0 saturated heterocycles. The minimum absolute atomic E-state index is 0.153. The van der Waals surface area contributed by atoms with Gasteiger partial charge in [0, 0.05) is 18.9 Å². The normalized spacial score (nSPS) is 11.6.